The normalized spacial score (nSPS) is 11.1. The fraction of sp³-hybridized carbons (Fsp3) is 0.267. The van der Waals surface area contributed by atoms with Crippen LogP contribution in [0.2, 0.25) is 0 Å². The van der Waals surface area contributed by atoms with Gasteiger partial charge in [-0.3, -0.25) is 4.79 Å². The lowest BCUT2D eigenvalue weighted by Gasteiger charge is -2.10. The van der Waals surface area contributed by atoms with Crippen molar-refractivity contribution in [3.63, 3.8) is 0 Å². The van der Waals surface area contributed by atoms with Gasteiger partial charge in [-0.25, -0.2) is 8.63 Å². The predicted molar refractivity (Wildman–Crippen MR) is 89.2 cm³/mol. The SMILES string of the molecule is COc1c[nH]c(C(=O)/C=C(\OB(F)F)c2[nH]cc(OC)c2OC)c1OC. The molecule has 0 aliphatic carbocycles. The smallest absolute Gasteiger partial charge is 0.503 e. The lowest BCUT2D eigenvalue weighted by molar-refractivity contribution is 0.103. The summed E-state index contributed by atoms with van der Waals surface area (Å²) in [5.41, 5.74) is 0.0349. The number of carbonyl (C=O) groups is 1. The van der Waals surface area contributed by atoms with E-state index in [0.717, 1.165) is 6.08 Å². The maximum absolute atomic E-state index is 12.8. The number of allylic oxidation sites excluding steroid dienone is 1. The van der Waals surface area contributed by atoms with E-state index in [0.29, 0.717) is 5.75 Å². The van der Waals surface area contributed by atoms with Gasteiger partial charge >= 0.3 is 7.47 Å². The van der Waals surface area contributed by atoms with Crippen LogP contribution in [0.4, 0.5) is 8.63 Å². The number of hydrogen-bond donors (Lipinski definition) is 2. The van der Waals surface area contributed by atoms with Gasteiger partial charge in [-0.2, -0.15) is 0 Å². The molecular weight excluding hydrogens is 353 g/mol. The number of rotatable bonds is 9. The monoisotopic (exact) mass is 370 g/mol. The predicted octanol–water partition coefficient (Wildman–Crippen LogP) is 2.54. The summed E-state index contributed by atoms with van der Waals surface area (Å²) in [7, 11) is 2.30. The molecule has 0 unspecified atom stereocenters. The molecule has 8 nitrogen and oxygen atoms in total. The zero-order valence-electron chi connectivity index (χ0n) is 14.5. The zero-order chi connectivity index (χ0) is 19.3. The standard InChI is InChI=1S/C15H17BF2N2O6/c1-22-10-6-19-12(14(10)24-3)8(21)5-9(26-16(17)18)13-15(25-4)11(23-2)7-20-13/h5-7,19-20H,1-4H3/b9-5-. The maximum Gasteiger partial charge on any atom is 0.796 e. The van der Waals surface area contributed by atoms with Crippen LogP contribution in [0.15, 0.2) is 18.5 Å². The van der Waals surface area contributed by atoms with Gasteiger partial charge in [-0.1, -0.05) is 0 Å². The van der Waals surface area contributed by atoms with Crippen molar-refractivity contribution in [3.8, 4) is 23.0 Å². The van der Waals surface area contributed by atoms with Gasteiger partial charge in [0.15, 0.2) is 23.0 Å². The molecule has 0 aliphatic rings. The van der Waals surface area contributed by atoms with E-state index in [-0.39, 0.29) is 28.6 Å². The Morgan fingerprint density at radius 1 is 0.923 bits per heavy atom. The number of methoxy groups -OCH3 is 4. The van der Waals surface area contributed by atoms with Crippen LogP contribution in [0.1, 0.15) is 16.2 Å². The topological polar surface area (TPSA) is 94.8 Å². The Labute approximate surface area is 148 Å². The molecular formula is C15H17BF2N2O6. The molecule has 0 saturated carbocycles. The summed E-state index contributed by atoms with van der Waals surface area (Å²) in [6.07, 6.45) is 3.68. The summed E-state index contributed by atoms with van der Waals surface area (Å²) in [6, 6.07) is 0. The van der Waals surface area contributed by atoms with Gasteiger partial charge in [0.2, 0.25) is 5.78 Å². The maximum atomic E-state index is 12.8. The summed E-state index contributed by atoms with van der Waals surface area (Å²) in [6.45, 7) is 0. The van der Waals surface area contributed by atoms with E-state index in [1.54, 1.807) is 0 Å². The first-order valence-electron chi connectivity index (χ1n) is 7.26. The highest BCUT2D eigenvalue weighted by Gasteiger charge is 2.27. The van der Waals surface area contributed by atoms with E-state index in [4.69, 9.17) is 18.9 Å². The van der Waals surface area contributed by atoms with Crippen LogP contribution in [0.3, 0.4) is 0 Å². The minimum atomic E-state index is -3.16. The number of ketones is 1. The molecule has 2 aromatic heterocycles. The molecule has 0 bridgehead atoms. The second-order valence-corrected chi connectivity index (χ2v) is 4.78. The molecule has 0 atom stereocenters. The Hall–Kier alpha value is -3.11. The molecule has 0 aromatic carbocycles. The van der Waals surface area contributed by atoms with E-state index >= 15 is 0 Å². The molecule has 0 saturated heterocycles. The van der Waals surface area contributed by atoms with Gasteiger partial charge < -0.3 is 33.6 Å². The van der Waals surface area contributed by atoms with Gasteiger partial charge in [0.1, 0.15) is 17.1 Å². The number of aromatic amines is 2. The van der Waals surface area contributed by atoms with Gasteiger partial charge in [0, 0.05) is 18.5 Å². The molecule has 0 fully saturated rings. The van der Waals surface area contributed by atoms with Crippen molar-refractivity contribution in [2.45, 2.75) is 0 Å². The summed E-state index contributed by atoms with van der Waals surface area (Å²) in [5, 5.41) is 0. The summed E-state index contributed by atoms with van der Waals surface area (Å²) in [4.78, 5) is 17.9. The molecule has 2 N–H and O–H groups in total. The van der Waals surface area contributed by atoms with Crippen LogP contribution < -0.4 is 18.9 Å². The molecule has 2 rings (SSSR count). The van der Waals surface area contributed by atoms with Gasteiger partial charge in [0.25, 0.3) is 0 Å². The van der Waals surface area contributed by atoms with Crippen molar-refractivity contribution < 1.29 is 37.0 Å². The van der Waals surface area contributed by atoms with E-state index in [1.807, 2.05) is 0 Å². The molecule has 2 heterocycles. The van der Waals surface area contributed by atoms with Crippen molar-refractivity contribution in [2.75, 3.05) is 28.4 Å². The highest BCUT2D eigenvalue weighted by atomic mass is 19.2. The van der Waals surface area contributed by atoms with E-state index in [2.05, 4.69) is 14.6 Å². The van der Waals surface area contributed by atoms with Crippen molar-refractivity contribution in [3.05, 3.63) is 29.9 Å². The average molecular weight is 370 g/mol. The van der Waals surface area contributed by atoms with E-state index in [9.17, 15) is 13.4 Å². The minimum absolute atomic E-state index is 0.0113. The largest absolute Gasteiger partial charge is 0.796 e. The van der Waals surface area contributed by atoms with Crippen molar-refractivity contribution in [1.29, 1.82) is 0 Å². The first-order valence-corrected chi connectivity index (χ1v) is 7.26. The third kappa shape index (κ3) is 3.76. The first kappa shape index (κ1) is 19.2. The lowest BCUT2D eigenvalue weighted by atomic mass is 10.2. The Morgan fingerprint density at radius 3 is 1.88 bits per heavy atom. The number of H-pyrrole nitrogens is 2. The van der Waals surface area contributed by atoms with Gasteiger partial charge in [0.05, 0.1) is 28.4 Å². The summed E-state index contributed by atoms with van der Waals surface area (Å²) >= 11 is 0. The summed E-state index contributed by atoms with van der Waals surface area (Å²) < 4.78 is 50.5. The van der Waals surface area contributed by atoms with Crippen molar-refractivity contribution in [2.24, 2.45) is 0 Å². The zero-order valence-corrected chi connectivity index (χ0v) is 14.5. The van der Waals surface area contributed by atoms with Gasteiger partial charge in [-0.15, -0.1) is 0 Å². The first-order chi connectivity index (χ1) is 12.5. The highest BCUT2D eigenvalue weighted by molar-refractivity contribution is 6.36. The Morgan fingerprint density at radius 2 is 1.42 bits per heavy atom. The van der Waals surface area contributed by atoms with Crippen molar-refractivity contribution in [1.82, 2.24) is 9.97 Å². The summed E-state index contributed by atoms with van der Waals surface area (Å²) in [5.74, 6) is -0.292. The van der Waals surface area contributed by atoms with E-state index in [1.165, 1.54) is 40.8 Å². The Balaban J connectivity index is 2.48. The molecule has 0 amide bonds. The van der Waals surface area contributed by atoms with Crippen LogP contribution in [0, 0.1) is 0 Å². The molecule has 0 aliphatic heterocycles. The average Bonchev–Trinajstić information content (AvgIpc) is 3.23. The fourth-order valence-corrected chi connectivity index (χ4v) is 2.31. The van der Waals surface area contributed by atoms with Gasteiger partial charge in [-0.05, 0) is 0 Å². The number of carbonyl (C=O) groups excluding carboxylic acids is 1. The Kier molecular flexibility index (Phi) is 6.15. The number of ether oxygens (including phenoxy) is 4. The molecule has 2 aromatic rings. The lowest BCUT2D eigenvalue weighted by Crippen LogP contribution is -2.08. The van der Waals surface area contributed by atoms with Crippen LogP contribution in [0.5, 0.6) is 23.0 Å². The third-order valence-corrected chi connectivity index (χ3v) is 3.42. The molecule has 0 spiro atoms. The second kappa shape index (κ2) is 8.32. The van der Waals surface area contributed by atoms with Crippen LogP contribution in [-0.2, 0) is 4.65 Å². The third-order valence-electron chi connectivity index (χ3n) is 3.42. The van der Waals surface area contributed by atoms with E-state index < -0.39 is 19.0 Å². The number of aromatic nitrogens is 2. The Bertz CT molecular complexity index is 802. The molecule has 26 heavy (non-hydrogen) atoms. The van der Waals surface area contributed by atoms with Crippen LogP contribution >= 0.6 is 0 Å². The van der Waals surface area contributed by atoms with Crippen LogP contribution in [0.25, 0.3) is 5.76 Å². The minimum Gasteiger partial charge on any atom is -0.503 e. The number of hydrogen-bond acceptors (Lipinski definition) is 6. The van der Waals surface area contributed by atoms with Crippen LogP contribution in [-0.4, -0.2) is 51.7 Å². The molecule has 140 valence electrons. The highest BCUT2D eigenvalue weighted by Crippen LogP contribution is 2.37. The quantitative estimate of drug-likeness (QED) is 0.305. The number of nitrogens with one attached hydrogen (secondary N) is 2. The molecule has 11 heteroatoms. The fourth-order valence-electron chi connectivity index (χ4n) is 2.31. The molecule has 0 radical (unpaired) electrons. The number of halogens is 2. The second-order valence-electron chi connectivity index (χ2n) is 4.78. The van der Waals surface area contributed by atoms with Crippen molar-refractivity contribution >= 4 is 19.0 Å².